The smallest absolute Gasteiger partial charge is 0.341 e. The summed E-state index contributed by atoms with van der Waals surface area (Å²) in [5.41, 5.74) is 0.217. The van der Waals surface area contributed by atoms with E-state index < -0.39 is 5.97 Å². The van der Waals surface area contributed by atoms with Gasteiger partial charge in [0.05, 0.1) is 19.9 Å². The molecule has 1 heterocycles. The second-order valence-electron chi connectivity index (χ2n) is 9.48. The number of esters is 1. The van der Waals surface area contributed by atoms with Gasteiger partial charge in [-0.3, -0.25) is 4.79 Å². The number of hydrogen-bond donors (Lipinski definition) is 0. The Balaban J connectivity index is 1.38. The highest BCUT2D eigenvalue weighted by molar-refractivity contribution is 5.92. The van der Waals surface area contributed by atoms with Crippen LogP contribution in [0, 0.1) is 17.8 Å². The highest BCUT2D eigenvalue weighted by atomic mass is 16.5. The SMILES string of the molecule is COC(=O)c1ccccc1OCC(=O)N(Cc1ccco1)C12CC3CC(CC(C3)C1)C2. The van der Waals surface area contributed by atoms with E-state index in [0.717, 1.165) is 42.8 Å². The van der Waals surface area contributed by atoms with Crippen LogP contribution in [0.4, 0.5) is 0 Å². The number of furan rings is 1. The van der Waals surface area contributed by atoms with Gasteiger partial charge in [-0.25, -0.2) is 4.79 Å². The average molecular weight is 424 g/mol. The zero-order chi connectivity index (χ0) is 21.4. The van der Waals surface area contributed by atoms with Crippen LogP contribution < -0.4 is 4.74 Å². The fourth-order valence-electron chi connectivity index (χ4n) is 6.56. The quantitative estimate of drug-likeness (QED) is 0.616. The van der Waals surface area contributed by atoms with Gasteiger partial charge in [0, 0.05) is 5.54 Å². The van der Waals surface area contributed by atoms with E-state index >= 15 is 0 Å². The van der Waals surface area contributed by atoms with Gasteiger partial charge in [0.25, 0.3) is 5.91 Å². The Morgan fingerprint density at radius 1 is 1.03 bits per heavy atom. The van der Waals surface area contributed by atoms with Crippen LogP contribution in [-0.4, -0.2) is 36.0 Å². The van der Waals surface area contributed by atoms with Crippen LogP contribution in [-0.2, 0) is 16.1 Å². The molecule has 0 saturated heterocycles. The van der Waals surface area contributed by atoms with E-state index in [1.807, 2.05) is 17.0 Å². The first-order chi connectivity index (χ1) is 15.1. The van der Waals surface area contributed by atoms with Gasteiger partial charge in [0.15, 0.2) is 6.61 Å². The molecule has 0 unspecified atom stereocenters. The summed E-state index contributed by atoms with van der Waals surface area (Å²) in [4.78, 5) is 27.6. The summed E-state index contributed by atoms with van der Waals surface area (Å²) in [5.74, 6) is 2.79. The molecule has 1 aromatic heterocycles. The summed E-state index contributed by atoms with van der Waals surface area (Å²) < 4.78 is 16.3. The second kappa shape index (κ2) is 8.06. The first kappa shape index (κ1) is 20.2. The molecule has 1 aromatic carbocycles. The van der Waals surface area contributed by atoms with Crippen molar-refractivity contribution >= 4 is 11.9 Å². The Bertz CT molecular complexity index is 915. The predicted molar refractivity (Wildman–Crippen MR) is 113 cm³/mol. The van der Waals surface area contributed by atoms with Crippen molar-refractivity contribution in [3.05, 3.63) is 54.0 Å². The molecule has 0 aliphatic heterocycles. The number of nitrogens with zero attached hydrogens (tertiary/aromatic N) is 1. The number of rotatable bonds is 7. The maximum atomic E-state index is 13.6. The van der Waals surface area contributed by atoms with Crippen molar-refractivity contribution in [3.8, 4) is 5.75 Å². The second-order valence-corrected chi connectivity index (χ2v) is 9.48. The average Bonchev–Trinajstić information content (AvgIpc) is 3.28. The van der Waals surface area contributed by atoms with Gasteiger partial charge in [-0.2, -0.15) is 0 Å². The van der Waals surface area contributed by atoms with Crippen molar-refractivity contribution in [1.29, 1.82) is 0 Å². The van der Waals surface area contributed by atoms with E-state index in [1.165, 1.54) is 26.4 Å². The Hall–Kier alpha value is -2.76. The first-order valence-corrected chi connectivity index (χ1v) is 11.2. The summed E-state index contributed by atoms with van der Waals surface area (Å²) in [6.45, 7) is 0.344. The standard InChI is InChI=1S/C25H29NO5/c1-29-24(28)21-6-2-3-7-22(21)31-16-23(27)26(15-20-5-4-8-30-20)25-12-17-9-18(13-25)11-19(10-17)14-25/h2-8,17-19H,9-16H2,1H3. The molecule has 6 heteroatoms. The molecule has 2 aromatic rings. The number of para-hydroxylation sites is 1. The number of amides is 1. The lowest BCUT2D eigenvalue weighted by molar-refractivity contribution is -0.155. The molecule has 164 valence electrons. The molecule has 6 rings (SSSR count). The topological polar surface area (TPSA) is 69.0 Å². The van der Waals surface area contributed by atoms with E-state index in [9.17, 15) is 9.59 Å². The Morgan fingerprint density at radius 2 is 1.71 bits per heavy atom. The first-order valence-electron chi connectivity index (χ1n) is 11.2. The summed E-state index contributed by atoms with van der Waals surface area (Å²) in [7, 11) is 1.34. The predicted octanol–water partition coefficient (Wildman–Crippen LogP) is 4.44. The molecule has 4 bridgehead atoms. The number of hydrogen-bond acceptors (Lipinski definition) is 5. The summed E-state index contributed by atoms with van der Waals surface area (Å²) in [5, 5.41) is 0. The molecule has 0 atom stereocenters. The number of carbonyl (C=O) groups excluding carboxylic acids is 2. The molecule has 0 spiro atoms. The Labute approximate surface area is 182 Å². The zero-order valence-electron chi connectivity index (χ0n) is 17.9. The van der Waals surface area contributed by atoms with Crippen LogP contribution in [0.25, 0.3) is 0 Å². The van der Waals surface area contributed by atoms with Crippen LogP contribution >= 0.6 is 0 Å². The highest BCUT2D eigenvalue weighted by Crippen LogP contribution is 2.58. The number of methoxy groups -OCH3 is 1. The van der Waals surface area contributed by atoms with Gasteiger partial charge in [0.2, 0.25) is 0 Å². The lowest BCUT2D eigenvalue weighted by atomic mass is 9.52. The fraction of sp³-hybridized carbons (Fsp3) is 0.520. The molecular weight excluding hydrogens is 394 g/mol. The van der Waals surface area contributed by atoms with Crippen molar-refractivity contribution in [3.63, 3.8) is 0 Å². The monoisotopic (exact) mass is 423 g/mol. The largest absolute Gasteiger partial charge is 0.483 e. The highest BCUT2D eigenvalue weighted by Gasteiger charge is 2.54. The number of carbonyl (C=O) groups is 2. The minimum absolute atomic E-state index is 0.0574. The molecule has 0 radical (unpaired) electrons. The third-order valence-corrected chi connectivity index (χ3v) is 7.42. The van der Waals surface area contributed by atoms with Gasteiger partial charge in [0.1, 0.15) is 17.1 Å². The van der Waals surface area contributed by atoms with Crippen LogP contribution in [0.15, 0.2) is 47.1 Å². The molecule has 31 heavy (non-hydrogen) atoms. The van der Waals surface area contributed by atoms with Crippen molar-refractivity contribution < 1.29 is 23.5 Å². The van der Waals surface area contributed by atoms with Crippen LogP contribution in [0.5, 0.6) is 5.75 Å². The van der Waals surface area contributed by atoms with E-state index in [2.05, 4.69) is 0 Å². The maximum Gasteiger partial charge on any atom is 0.341 e. The molecule has 4 fully saturated rings. The van der Waals surface area contributed by atoms with E-state index in [4.69, 9.17) is 13.9 Å². The fourth-order valence-corrected chi connectivity index (χ4v) is 6.56. The molecule has 4 saturated carbocycles. The lowest BCUT2D eigenvalue weighted by Crippen LogP contribution is -2.61. The van der Waals surface area contributed by atoms with Gasteiger partial charge in [-0.1, -0.05) is 12.1 Å². The number of ether oxygens (including phenoxy) is 2. The summed E-state index contributed by atoms with van der Waals surface area (Å²) >= 11 is 0. The Morgan fingerprint density at radius 3 is 2.32 bits per heavy atom. The van der Waals surface area contributed by atoms with Crippen molar-refractivity contribution in [2.75, 3.05) is 13.7 Å². The van der Waals surface area contributed by atoms with E-state index in [0.29, 0.717) is 17.9 Å². The van der Waals surface area contributed by atoms with Crippen LogP contribution in [0.3, 0.4) is 0 Å². The normalized spacial score (nSPS) is 28.4. The van der Waals surface area contributed by atoms with Crippen molar-refractivity contribution in [2.45, 2.75) is 50.6 Å². The van der Waals surface area contributed by atoms with Gasteiger partial charge < -0.3 is 18.8 Å². The van der Waals surface area contributed by atoms with Crippen molar-refractivity contribution in [1.82, 2.24) is 4.90 Å². The van der Waals surface area contributed by atoms with Gasteiger partial charge in [-0.05, 0) is 80.5 Å². The van der Waals surface area contributed by atoms with Crippen LogP contribution in [0.2, 0.25) is 0 Å². The molecule has 4 aliphatic carbocycles. The van der Waals surface area contributed by atoms with E-state index in [-0.39, 0.29) is 18.1 Å². The summed E-state index contributed by atoms with van der Waals surface area (Å²) in [6, 6.07) is 10.7. The molecule has 6 nitrogen and oxygen atoms in total. The minimum Gasteiger partial charge on any atom is -0.483 e. The maximum absolute atomic E-state index is 13.6. The summed E-state index contributed by atoms with van der Waals surface area (Å²) in [6.07, 6.45) is 8.81. The third-order valence-electron chi connectivity index (χ3n) is 7.42. The zero-order valence-corrected chi connectivity index (χ0v) is 17.9. The lowest BCUT2D eigenvalue weighted by Gasteiger charge is -2.60. The van der Waals surface area contributed by atoms with Crippen molar-refractivity contribution in [2.24, 2.45) is 17.8 Å². The van der Waals surface area contributed by atoms with E-state index in [1.54, 1.807) is 30.5 Å². The third kappa shape index (κ3) is 3.84. The molecule has 1 amide bonds. The molecule has 4 aliphatic rings. The number of benzene rings is 1. The Kier molecular flexibility index (Phi) is 5.24. The van der Waals surface area contributed by atoms with Gasteiger partial charge in [-0.15, -0.1) is 0 Å². The molecular formula is C25H29NO5. The molecule has 0 N–H and O–H groups in total. The minimum atomic E-state index is -0.475. The van der Waals surface area contributed by atoms with Gasteiger partial charge >= 0.3 is 5.97 Å². The van der Waals surface area contributed by atoms with Crippen LogP contribution in [0.1, 0.15) is 54.6 Å².